The van der Waals surface area contributed by atoms with Crippen LogP contribution in [0.4, 0.5) is 0 Å². The molecule has 2 aliphatic carbocycles. The van der Waals surface area contributed by atoms with Crippen LogP contribution in [0, 0.1) is 17.3 Å². The van der Waals surface area contributed by atoms with Crippen molar-refractivity contribution in [2.75, 3.05) is 0 Å². The summed E-state index contributed by atoms with van der Waals surface area (Å²) in [5.41, 5.74) is -0.282. The van der Waals surface area contributed by atoms with Crippen LogP contribution in [0.25, 0.3) is 0 Å². The van der Waals surface area contributed by atoms with Gasteiger partial charge in [-0.1, -0.05) is 38.8 Å². The van der Waals surface area contributed by atoms with Crippen LogP contribution < -0.4 is 0 Å². The van der Waals surface area contributed by atoms with Crippen molar-refractivity contribution in [1.82, 2.24) is 10.1 Å². The molecule has 2 aliphatic rings. The molecule has 0 amide bonds. The standard InChI is InChI=1S/C15H22N2O3/c1-8-5-4-6-9(7-8)12-16-13(20-17-12)10-11(14(18)19)15(10,2)3/h8-11H,4-7H2,1-3H3,(H,18,19). The highest BCUT2D eigenvalue weighted by Gasteiger charge is 2.65. The minimum absolute atomic E-state index is 0.137. The fourth-order valence-corrected chi connectivity index (χ4v) is 3.77. The van der Waals surface area contributed by atoms with Gasteiger partial charge in [0, 0.05) is 5.92 Å². The fraction of sp³-hybridized carbons (Fsp3) is 0.800. The first kappa shape index (κ1) is 13.6. The second-order valence-electron chi connectivity index (χ2n) is 7.07. The molecule has 1 N–H and O–H groups in total. The van der Waals surface area contributed by atoms with Crippen LogP contribution in [0.15, 0.2) is 4.52 Å². The van der Waals surface area contributed by atoms with Gasteiger partial charge in [0.2, 0.25) is 5.89 Å². The van der Waals surface area contributed by atoms with Gasteiger partial charge in [-0.2, -0.15) is 4.98 Å². The molecule has 2 saturated carbocycles. The molecular weight excluding hydrogens is 256 g/mol. The molecule has 0 aromatic carbocycles. The van der Waals surface area contributed by atoms with Gasteiger partial charge in [0.25, 0.3) is 0 Å². The molecule has 0 bridgehead atoms. The Morgan fingerprint density at radius 1 is 1.40 bits per heavy atom. The number of carboxylic acid groups (broad SMARTS) is 1. The van der Waals surface area contributed by atoms with E-state index in [-0.39, 0.29) is 11.3 Å². The van der Waals surface area contributed by atoms with Crippen molar-refractivity contribution in [2.45, 2.75) is 58.3 Å². The van der Waals surface area contributed by atoms with Gasteiger partial charge in [-0.05, 0) is 24.2 Å². The summed E-state index contributed by atoms with van der Waals surface area (Å²) in [6, 6.07) is 0. The lowest BCUT2D eigenvalue weighted by atomic mass is 9.82. The molecule has 4 atom stereocenters. The maximum absolute atomic E-state index is 11.2. The molecule has 0 saturated heterocycles. The quantitative estimate of drug-likeness (QED) is 0.918. The van der Waals surface area contributed by atoms with Crippen LogP contribution in [0.3, 0.4) is 0 Å². The maximum Gasteiger partial charge on any atom is 0.307 e. The lowest BCUT2D eigenvalue weighted by Gasteiger charge is -2.23. The van der Waals surface area contributed by atoms with Crippen LogP contribution in [0.2, 0.25) is 0 Å². The van der Waals surface area contributed by atoms with Gasteiger partial charge in [-0.25, -0.2) is 0 Å². The Bertz CT molecular complexity index is 523. The van der Waals surface area contributed by atoms with Crippen molar-refractivity contribution in [1.29, 1.82) is 0 Å². The fourth-order valence-electron chi connectivity index (χ4n) is 3.77. The third-order valence-electron chi connectivity index (χ3n) is 5.12. The third kappa shape index (κ3) is 2.13. The van der Waals surface area contributed by atoms with Gasteiger partial charge in [0.1, 0.15) is 0 Å². The first-order valence-corrected chi connectivity index (χ1v) is 7.47. The van der Waals surface area contributed by atoms with Gasteiger partial charge >= 0.3 is 5.97 Å². The summed E-state index contributed by atoms with van der Waals surface area (Å²) in [7, 11) is 0. The normalized spacial score (nSPS) is 35.8. The summed E-state index contributed by atoms with van der Waals surface area (Å²) in [5.74, 6) is 1.06. The van der Waals surface area contributed by atoms with E-state index in [1.807, 2.05) is 13.8 Å². The smallest absolute Gasteiger partial charge is 0.307 e. The summed E-state index contributed by atoms with van der Waals surface area (Å²) in [6.45, 7) is 6.16. The Morgan fingerprint density at radius 2 is 2.15 bits per heavy atom. The van der Waals surface area contributed by atoms with Gasteiger partial charge in [-0.15, -0.1) is 0 Å². The van der Waals surface area contributed by atoms with Crippen molar-refractivity contribution in [3.8, 4) is 0 Å². The molecule has 110 valence electrons. The van der Waals surface area contributed by atoms with Gasteiger partial charge in [-0.3, -0.25) is 4.79 Å². The highest BCUT2D eigenvalue weighted by molar-refractivity contribution is 5.77. The summed E-state index contributed by atoms with van der Waals surface area (Å²) < 4.78 is 5.37. The Labute approximate surface area is 118 Å². The Hall–Kier alpha value is -1.39. The lowest BCUT2D eigenvalue weighted by Crippen LogP contribution is -2.12. The Morgan fingerprint density at radius 3 is 2.75 bits per heavy atom. The van der Waals surface area contributed by atoms with Crippen molar-refractivity contribution in [2.24, 2.45) is 17.3 Å². The zero-order valence-electron chi connectivity index (χ0n) is 12.3. The molecule has 5 nitrogen and oxygen atoms in total. The number of carbonyl (C=O) groups is 1. The van der Waals surface area contributed by atoms with Crippen molar-refractivity contribution in [3.63, 3.8) is 0 Å². The highest BCUT2D eigenvalue weighted by Crippen LogP contribution is 2.64. The summed E-state index contributed by atoms with van der Waals surface area (Å²) in [5, 5.41) is 13.3. The maximum atomic E-state index is 11.2. The average molecular weight is 278 g/mol. The second kappa shape index (κ2) is 4.57. The lowest BCUT2D eigenvalue weighted by molar-refractivity contribution is -0.139. The van der Waals surface area contributed by atoms with Crippen molar-refractivity contribution in [3.05, 3.63) is 11.7 Å². The van der Waals surface area contributed by atoms with E-state index in [1.54, 1.807) is 0 Å². The van der Waals surface area contributed by atoms with Crippen LogP contribution in [0.1, 0.15) is 70.0 Å². The average Bonchev–Trinajstić information content (AvgIpc) is 2.73. The first-order valence-electron chi connectivity index (χ1n) is 7.47. The minimum Gasteiger partial charge on any atom is -0.481 e. The molecule has 1 aromatic rings. The van der Waals surface area contributed by atoms with Gasteiger partial charge in [0.15, 0.2) is 5.82 Å². The van der Waals surface area contributed by atoms with Gasteiger partial charge in [0.05, 0.1) is 11.8 Å². The zero-order chi connectivity index (χ0) is 14.5. The van der Waals surface area contributed by atoms with E-state index in [2.05, 4.69) is 17.1 Å². The minimum atomic E-state index is -0.772. The molecule has 2 fully saturated rings. The first-order chi connectivity index (χ1) is 9.41. The highest BCUT2D eigenvalue weighted by atomic mass is 16.5. The largest absolute Gasteiger partial charge is 0.481 e. The van der Waals surface area contributed by atoms with Gasteiger partial charge < -0.3 is 9.63 Å². The number of aliphatic carboxylic acids is 1. The SMILES string of the molecule is CC1CCCC(c2noc(C3C(C(=O)O)C3(C)C)n2)C1. The molecule has 1 aromatic heterocycles. The summed E-state index contributed by atoms with van der Waals surface area (Å²) in [4.78, 5) is 15.7. The molecule has 3 rings (SSSR count). The molecule has 1 heterocycles. The molecule has 0 radical (unpaired) electrons. The Balaban J connectivity index is 1.76. The molecule has 5 heteroatoms. The summed E-state index contributed by atoms with van der Waals surface area (Å²) in [6.07, 6.45) is 4.70. The van der Waals surface area contributed by atoms with Crippen LogP contribution in [0.5, 0.6) is 0 Å². The van der Waals surface area contributed by atoms with E-state index < -0.39 is 11.9 Å². The number of hydrogen-bond donors (Lipinski definition) is 1. The number of aromatic nitrogens is 2. The molecule has 0 aliphatic heterocycles. The molecule has 0 spiro atoms. The predicted molar refractivity (Wildman–Crippen MR) is 72.3 cm³/mol. The van der Waals surface area contributed by atoms with Crippen molar-refractivity contribution >= 4 is 5.97 Å². The molecule has 20 heavy (non-hydrogen) atoms. The van der Waals surface area contributed by atoms with Crippen molar-refractivity contribution < 1.29 is 14.4 Å². The zero-order valence-corrected chi connectivity index (χ0v) is 12.3. The monoisotopic (exact) mass is 278 g/mol. The van der Waals surface area contributed by atoms with E-state index in [1.165, 1.54) is 12.8 Å². The van der Waals surface area contributed by atoms with E-state index in [4.69, 9.17) is 4.52 Å². The predicted octanol–water partition coefficient (Wildman–Crippen LogP) is 3.19. The van der Waals surface area contributed by atoms with E-state index in [0.717, 1.165) is 18.7 Å². The Kier molecular flexibility index (Phi) is 3.10. The van der Waals surface area contributed by atoms with Crippen LogP contribution >= 0.6 is 0 Å². The topological polar surface area (TPSA) is 76.2 Å². The number of hydrogen-bond acceptors (Lipinski definition) is 4. The second-order valence-corrected chi connectivity index (χ2v) is 7.07. The van der Waals surface area contributed by atoms with Crippen LogP contribution in [-0.4, -0.2) is 21.2 Å². The van der Waals surface area contributed by atoms with E-state index >= 15 is 0 Å². The number of carboxylic acids is 1. The van der Waals surface area contributed by atoms with E-state index in [9.17, 15) is 9.90 Å². The molecule has 4 unspecified atom stereocenters. The number of rotatable bonds is 3. The van der Waals surface area contributed by atoms with E-state index in [0.29, 0.717) is 17.7 Å². The molecular formula is C15H22N2O3. The summed E-state index contributed by atoms with van der Waals surface area (Å²) >= 11 is 0. The third-order valence-corrected chi connectivity index (χ3v) is 5.12. The van der Waals surface area contributed by atoms with Crippen LogP contribution in [-0.2, 0) is 4.79 Å². The number of nitrogens with zero attached hydrogens (tertiary/aromatic N) is 2.